The summed E-state index contributed by atoms with van der Waals surface area (Å²) in [6.07, 6.45) is 2.69. The second kappa shape index (κ2) is 9.41. The van der Waals surface area contributed by atoms with Gasteiger partial charge in [0.25, 0.3) is 11.8 Å². The van der Waals surface area contributed by atoms with Gasteiger partial charge in [0.2, 0.25) is 0 Å². The van der Waals surface area contributed by atoms with Crippen molar-refractivity contribution in [3.63, 3.8) is 0 Å². The first-order valence-corrected chi connectivity index (χ1v) is 10.0. The number of furan rings is 1. The second-order valence-corrected chi connectivity index (χ2v) is 7.13. The second-order valence-electron chi connectivity index (χ2n) is 6.72. The van der Waals surface area contributed by atoms with Crippen LogP contribution in [-0.4, -0.2) is 34.7 Å². The number of ether oxygens (including phenoxy) is 1. The molecule has 0 atom stereocenters. The molecule has 2 aromatic heterocycles. The molecule has 0 unspecified atom stereocenters. The Morgan fingerprint density at radius 2 is 1.73 bits per heavy atom. The normalized spacial score (nSPS) is 10.5. The predicted molar refractivity (Wildman–Crippen MR) is 121 cm³/mol. The highest BCUT2D eigenvalue weighted by Gasteiger charge is 2.23. The lowest BCUT2D eigenvalue weighted by molar-refractivity contribution is 0.0600. The van der Waals surface area contributed by atoms with Crippen LogP contribution in [0, 0.1) is 0 Å². The van der Waals surface area contributed by atoms with Gasteiger partial charge in [-0.2, -0.15) is 5.10 Å². The van der Waals surface area contributed by atoms with Crippen molar-refractivity contribution >= 4 is 40.9 Å². The largest absolute Gasteiger partial charge is 0.465 e. The number of nitrogens with zero attached hydrogens (tertiary/aromatic N) is 2. The van der Waals surface area contributed by atoms with E-state index in [9.17, 15) is 14.4 Å². The molecular formula is C23H17ClN4O5. The maximum atomic E-state index is 13.0. The lowest BCUT2D eigenvalue weighted by Gasteiger charge is -2.12. The Balaban J connectivity index is 1.67. The highest BCUT2D eigenvalue weighted by atomic mass is 35.5. The molecule has 2 heterocycles. The number of para-hydroxylation sites is 1. The van der Waals surface area contributed by atoms with E-state index in [0.29, 0.717) is 22.0 Å². The minimum atomic E-state index is -0.565. The van der Waals surface area contributed by atoms with Crippen molar-refractivity contribution in [2.45, 2.75) is 0 Å². The molecule has 0 radical (unpaired) electrons. The molecule has 4 aromatic rings. The maximum absolute atomic E-state index is 13.0. The highest BCUT2D eigenvalue weighted by Crippen LogP contribution is 2.27. The van der Waals surface area contributed by atoms with Gasteiger partial charge >= 0.3 is 5.97 Å². The zero-order chi connectivity index (χ0) is 23.4. The van der Waals surface area contributed by atoms with Gasteiger partial charge in [-0.1, -0.05) is 23.7 Å². The summed E-state index contributed by atoms with van der Waals surface area (Å²) in [6, 6.07) is 16.1. The first-order chi connectivity index (χ1) is 16.0. The Morgan fingerprint density at radius 1 is 0.970 bits per heavy atom. The van der Waals surface area contributed by atoms with Crippen molar-refractivity contribution in [1.82, 2.24) is 9.78 Å². The van der Waals surface area contributed by atoms with Crippen molar-refractivity contribution in [1.29, 1.82) is 0 Å². The summed E-state index contributed by atoms with van der Waals surface area (Å²) in [6.45, 7) is 0. The van der Waals surface area contributed by atoms with Crippen LogP contribution in [0.3, 0.4) is 0 Å². The van der Waals surface area contributed by atoms with Gasteiger partial charge in [-0.25, -0.2) is 9.48 Å². The van der Waals surface area contributed by atoms with Gasteiger partial charge in [0.05, 0.1) is 35.8 Å². The van der Waals surface area contributed by atoms with Gasteiger partial charge in [-0.3, -0.25) is 9.59 Å². The molecule has 33 heavy (non-hydrogen) atoms. The molecule has 0 bridgehead atoms. The summed E-state index contributed by atoms with van der Waals surface area (Å²) in [5.74, 6) is -1.42. The Bertz CT molecular complexity index is 1310. The quantitative estimate of drug-likeness (QED) is 0.408. The van der Waals surface area contributed by atoms with E-state index in [1.54, 1.807) is 42.5 Å². The summed E-state index contributed by atoms with van der Waals surface area (Å²) < 4.78 is 11.2. The monoisotopic (exact) mass is 464 g/mol. The minimum Gasteiger partial charge on any atom is -0.465 e. The third-order valence-corrected chi connectivity index (χ3v) is 4.95. The Kier molecular flexibility index (Phi) is 6.23. The molecule has 10 heteroatoms. The lowest BCUT2D eigenvalue weighted by atomic mass is 10.2. The molecule has 0 saturated carbocycles. The zero-order valence-electron chi connectivity index (χ0n) is 17.2. The van der Waals surface area contributed by atoms with Crippen LogP contribution in [0.15, 0.2) is 77.5 Å². The van der Waals surface area contributed by atoms with Gasteiger partial charge in [-0.15, -0.1) is 0 Å². The number of nitrogens with one attached hydrogen (secondary N) is 2. The summed E-state index contributed by atoms with van der Waals surface area (Å²) in [7, 11) is 1.28. The van der Waals surface area contributed by atoms with E-state index in [4.69, 9.17) is 16.0 Å². The molecule has 166 valence electrons. The third-order valence-electron chi connectivity index (χ3n) is 4.64. The molecular weight excluding hydrogens is 448 g/mol. The van der Waals surface area contributed by atoms with Gasteiger partial charge in [0, 0.05) is 5.69 Å². The van der Waals surface area contributed by atoms with Crippen LogP contribution in [0.2, 0.25) is 5.02 Å². The van der Waals surface area contributed by atoms with E-state index in [-0.39, 0.29) is 17.1 Å². The Morgan fingerprint density at radius 3 is 2.39 bits per heavy atom. The fraction of sp³-hybridized carbons (Fsp3) is 0.0435. The summed E-state index contributed by atoms with van der Waals surface area (Å²) in [4.78, 5) is 37.3. The fourth-order valence-corrected chi connectivity index (χ4v) is 3.24. The molecule has 0 fully saturated rings. The van der Waals surface area contributed by atoms with Crippen molar-refractivity contribution in [3.8, 4) is 5.69 Å². The smallest absolute Gasteiger partial charge is 0.337 e. The van der Waals surface area contributed by atoms with E-state index >= 15 is 0 Å². The maximum Gasteiger partial charge on any atom is 0.337 e. The van der Waals surface area contributed by atoms with Crippen LogP contribution in [-0.2, 0) is 4.74 Å². The molecule has 0 spiro atoms. The number of anilines is 2. The number of amides is 2. The van der Waals surface area contributed by atoms with Gasteiger partial charge < -0.3 is 19.8 Å². The Hall–Kier alpha value is -4.37. The zero-order valence-corrected chi connectivity index (χ0v) is 18.0. The third kappa shape index (κ3) is 4.63. The molecule has 0 aliphatic heterocycles. The molecule has 4 rings (SSSR count). The molecule has 0 saturated heterocycles. The summed E-state index contributed by atoms with van der Waals surface area (Å²) in [5.41, 5.74) is 1.33. The van der Waals surface area contributed by atoms with Crippen LogP contribution >= 0.6 is 11.6 Å². The highest BCUT2D eigenvalue weighted by molar-refractivity contribution is 6.32. The van der Waals surface area contributed by atoms with E-state index in [0.717, 1.165) is 0 Å². The molecule has 2 N–H and O–H groups in total. The number of halogens is 1. The van der Waals surface area contributed by atoms with Crippen LogP contribution in [0.1, 0.15) is 31.3 Å². The molecule has 2 aromatic carbocycles. The van der Waals surface area contributed by atoms with Crippen LogP contribution in [0.5, 0.6) is 0 Å². The molecule has 2 amide bonds. The van der Waals surface area contributed by atoms with Crippen molar-refractivity contribution in [2.24, 2.45) is 0 Å². The van der Waals surface area contributed by atoms with Gasteiger partial charge in [-0.05, 0) is 48.5 Å². The van der Waals surface area contributed by atoms with Crippen LogP contribution < -0.4 is 10.6 Å². The molecule has 0 aliphatic carbocycles. The number of carbonyl (C=O) groups excluding carboxylic acids is 3. The summed E-state index contributed by atoms with van der Waals surface area (Å²) >= 11 is 6.31. The molecule has 0 aliphatic rings. The van der Waals surface area contributed by atoms with E-state index in [1.807, 2.05) is 0 Å². The first-order valence-electron chi connectivity index (χ1n) is 9.65. The van der Waals surface area contributed by atoms with Crippen LogP contribution in [0.4, 0.5) is 11.5 Å². The Labute approximate surface area is 192 Å². The number of rotatable bonds is 6. The van der Waals surface area contributed by atoms with Gasteiger partial charge in [0.1, 0.15) is 11.4 Å². The summed E-state index contributed by atoms with van der Waals surface area (Å²) in [5, 5.41) is 10.0. The van der Waals surface area contributed by atoms with E-state index in [1.165, 1.54) is 42.5 Å². The van der Waals surface area contributed by atoms with Crippen LogP contribution in [0.25, 0.3) is 5.69 Å². The number of methoxy groups -OCH3 is 1. The average Bonchev–Trinajstić information content (AvgIpc) is 3.50. The topological polar surface area (TPSA) is 115 Å². The van der Waals surface area contributed by atoms with Crippen molar-refractivity contribution < 1.29 is 23.5 Å². The lowest BCUT2D eigenvalue weighted by Crippen LogP contribution is -2.19. The van der Waals surface area contributed by atoms with E-state index in [2.05, 4.69) is 20.5 Å². The number of hydrogen-bond acceptors (Lipinski definition) is 6. The van der Waals surface area contributed by atoms with Crippen molar-refractivity contribution in [3.05, 3.63) is 95.0 Å². The average molecular weight is 465 g/mol. The predicted octanol–water partition coefficient (Wildman–Crippen LogP) is 4.41. The van der Waals surface area contributed by atoms with Gasteiger partial charge in [0.15, 0.2) is 5.76 Å². The number of aromatic nitrogens is 2. The number of hydrogen-bond donors (Lipinski definition) is 2. The SMILES string of the molecule is COC(=O)c1ccc(NC(=O)c2cnn(-c3ccccc3Cl)c2NC(=O)c2ccco2)cc1. The number of benzene rings is 2. The van der Waals surface area contributed by atoms with Crippen molar-refractivity contribution in [2.75, 3.05) is 17.7 Å². The van der Waals surface area contributed by atoms with E-state index < -0.39 is 17.8 Å². The standard InChI is InChI=1S/C23H17ClN4O5/c1-32-23(31)14-8-10-15(11-9-14)26-21(29)16-13-25-28(18-6-3-2-5-17(18)24)20(16)27-22(30)19-7-4-12-33-19/h2-13H,1H3,(H,26,29)(H,27,30). The minimum absolute atomic E-state index is 0.0617. The number of esters is 1. The number of carbonyl (C=O) groups is 3. The molecule has 9 nitrogen and oxygen atoms in total. The first kappa shape index (κ1) is 21.8. The fourth-order valence-electron chi connectivity index (χ4n) is 3.02.